The number of rotatable bonds is 4. The lowest BCUT2D eigenvalue weighted by Gasteiger charge is -1.97. The predicted octanol–water partition coefficient (Wildman–Crippen LogP) is 7.14. The molecule has 4 rings (SSSR count). The molecule has 0 spiro atoms. The minimum Gasteiger partial charge on any atom is -0.257 e. The summed E-state index contributed by atoms with van der Waals surface area (Å²) in [6.45, 7) is 0. The minimum absolute atomic E-state index is 0.925. The molecule has 1 heterocycles. The summed E-state index contributed by atoms with van der Waals surface area (Å²) in [6.07, 6.45) is 5.79. The summed E-state index contributed by atoms with van der Waals surface area (Å²) >= 11 is 5.19. The van der Waals surface area contributed by atoms with Crippen LogP contribution in [0.15, 0.2) is 88.3 Å². The number of aromatic nitrogens is 1. The predicted molar refractivity (Wildman–Crippen MR) is 116 cm³/mol. The zero-order chi connectivity index (χ0) is 17.8. The van der Waals surface area contributed by atoms with Gasteiger partial charge in [-0.2, -0.15) is 0 Å². The molecule has 0 fully saturated rings. The van der Waals surface area contributed by atoms with Gasteiger partial charge in [-0.15, -0.1) is 11.3 Å². The van der Waals surface area contributed by atoms with E-state index >= 15 is 0 Å². The number of thiazole rings is 1. The van der Waals surface area contributed by atoms with E-state index in [1.54, 1.807) is 11.3 Å². The third-order valence-corrected chi connectivity index (χ3v) is 5.43. The normalized spacial score (nSPS) is 11.7. The van der Waals surface area contributed by atoms with Crippen LogP contribution in [-0.2, 0) is 0 Å². The molecular formula is C22H15BrN2S. The number of aliphatic imine (C=N–C) groups is 1. The first kappa shape index (κ1) is 16.9. The van der Waals surface area contributed by atoms with Crippen molar-refractivity contribution in [2.75, 3.05) is 0 Å². The van der Waals surface area contributed by atoms with Crippen molar-refractivity contribution in [2.24, 2.45) is 4.99 Å². The summed E-state index contributed by atoms with van der Waals surface area (Å²) in [5, 5.41) is 1.04. The van der Waals surface area contributed by atoms with Crippen LogP contribution in [0.3, 0.4) is 0 Å². The molecule has 0 saturated heterocycles. The molecule has 2 nitrogen and oxygen atoms in total. The fraction of sp³-hybridized carbons (Fsp3) is 0. The molecule has 0 aliphatic carbocycles. The van der Waals surface area contributed by atoms with Crippen LogP contribution in [0.2, 0.25) is 0 Å². The van der Waals surface area contributed by atoms with Crippen molar-refractivity contribution in [1.29, 1.82) is 0 Å². The second kappa shape index (κ2) is 7.77. The van der Waals surface area contributed by atoms with Gasteiger partial charge >= 0.3 is 0 Å². The van der Waals surface area contributed by atoms with Gasteiger partial charge in [-0.05, 0) is 60.2 Å². The van der Waals surface area contributed by atoms with Gasteiger partial charge in [0.15, 0.2) is 0 Å². The van der Waals surface area contributed by atoms with E-state index in [4.69, 9.17) is 4.98 Å². The molecule has 0 aliphatic rings. The first-order chi connectivity index (χ1) is 12.8. The average molecular weight is 419 g/mol. The van der Waals surface area contributed by atoms with E-state index < -0.39 is 0 Å². The Morgan fingerprint density at radius 1 is 0.923 bits per heavy atom. The summed E-state index contributed by atoms with van der Waals surface area (Å²) in [7, 11) is 0. The second-order valence-corrected chi connectivity index (χ2v) is 7.67. The Morgan fingerprint density at radius 2 is 1.77 bits per heavy atom. The standard InChI is InChI=1S/C22H15BrN2S/c23-18-7-3-5-16(15-18)6-4-14-24-19-12-10-17(11-13-19)22-25-20-8-1-2-9-21(20)26-22/h1-15H/b6-4+,24-14?. The van der Waals surface area contributed by atoms with Crippen molar-refractivity contribution < 1.29 is 0 Å². The van der Waals surface area contributed by atoms with Crippen molar-refractivity contribution in [3.8, 4) is 10.6 Å². The summed E-state index contributed by atoms with van der Waals surface area (Å²) < 4.78 is 2.28. The topological polar surface area (TPSA) is 25.2 Å². The molecule has 4 heteroatoms. The third-order valence-electron chi connectivity index (χ3n) is 3.86. The summed E-state index contributed by atoms with van der Waals surface area (Å²) in [4.78, 5) is 9.17. The van der Waals surface area contributed by atoms with E-state index in [9.17, 15) is 0 Å². The van der Waals surface area contributed by atoms with E-state index in [0.717, 1.165) is 31.8 Å². The Bertz CT molecular complexity index is 1060. The Balaban J connectivity index is 1.47. The zero-order valence-corrected chi connectivity index (χ0v) is 16.2. The van der Waals surface area contributed by atoms with Gasteiger partial charge in [-0.25, -0.2) is 4.98 Å². The number of hydrogen-bond acceptors (Lipinski definition) is 3. The average Bonchev–Trinajstić information content (AvgIpc) is 3.10. The van der Waals surface area contributed by atoms with Gasteiger partial charge in [-0.1, -0.05) is 46.3 Å². The smallest absolute Gasteiger partial charge is 0.124 e. The van der Waals surface area contributed by atoms with Crippen molar-refractivity contribution in [2.45, 2.75) is 0 Å². The Kier molecular flexibility index (Phi) is 5.04. The fourth-order valence-corrected chi connectivity index (χ4v) is 3.97. The first-order valence-electron chi connectivity index (χ1n) is 8.20. The van der Waals surface area contributed by atoms with Crippen molar-refractivity contribution in [3.05, 3.63) is 88.9 Å². The van der Waals surface area contributed by atoms with Gasteiger partial charge in [0.1, 0.15) is 5.01 Å². The van der Waals surface area contributed by atoms with Crippen molar-refractivity contribution in [1.82, 2.24) is 4.98 Å². The quantitative estimate of drug-likeness (QED) is 0.323. The molecule has 0 atom stereocenters. The SMILES string of the molecule is Brc1cccc(/C=C/C=Nc2ccc(-c3nc4ccccc4s3)cc2)c1. The molecule has 1 aromatic heterocycles. The van der Waals surface area contributed by atoms with Crippen LogP contribution in [-0.4, -0.2) is 11.2 Å². The van der Waals surface area contributed by atoms with Gasteiger partial charge in [-0.3, -0.25) is 4.99 Å². The van der Waals surface area contributed by atoms with E-state index in [0.29, 0.717) is 0 Å². The highest BCUT2D eigenvalue weighted by molar-refractivity contribution is 9.10. The minimum atomic E-state index is 0.925. The maximum atomic E-state index is 4.69. The van der Waals surface area contributed by atoms with Gasteiger partial charge in [0.25, 0.3) is 0 Å². The molecule has 0 bridgehead atoms. The highest BCUT2D eigenvalue weighted by atomic mass is 79.9. The van der Waals surface area contributed by atoms with E-state index in [1.807, 2.05) is 60.8 Å². The number of fused-ring (bicyclic) bond motifs is 1. The fourth-order valence-electron chi connectivity index (χ4n) is 2.58. The Morgan fingerprint density at radius 3 is 2.58 bits per heavy atom. The molecule has 0 radical (unpaired) electrons. The van der Waals surface area contributed by atoms with Crippen LogP contribution in [0.1, 0.15) is 5.56 Å². The molecule has 126 valence electrons. The Labute approximate surface area is 164 Å². The van der Waals surface area contributed by atoms with Crippen LogP contribution in [0, 0.1) is 0 Å². The number of hydrogen-bond donors (Lipinski definition) is 0. The van der Waals surface area contributed by atoms with Crippen LogP contribution in [0.5, 0.6) is 0 Å². The zero-order valence-electron chi connectivity index (χ0n) is 13.8. The van der Waals surface area contributed by atoms with Gasteiger partial charge in [0.2, 0.25) is 0 Å². The lowest BCUT2D eigenvalue weighted by molar-refractivity contribution is 1.46. The molecule has 0 aliphatic heterocycles. The molecule has 4 aromatic rings. The van der Waals surface area contributed by atoms with Crippen LogP contribution < -0.4 is 0 Å². The van der Waals surface area contributed by atoms with E-state index in [1.165, 1.54) is 4.70 Å². The number of halogens is 1. The lowest BCUT2D eigenvalue weighted by atomic mass is 10.2. The van der Waals surface area contributed by atoms with Crippen LogP contribution in [0.25, 0.3) is 26.9 Å². The van der Waals surface area contributed by atoms with Gasteiger partial charge in [0, 0.05) is 16.3 Å². The lowest BCUT2D eigenvalue weighted by Crippen LogP contribution is -1.75. The number of benzene rings is 3. The number of allylic oxidation sites excluding steroid dienone is 1. The van der Waals surface area contributed by atoms with Crippen molar-refractivity contribution in [3.63, 3.8) is 0 Å². The number of para-hydroxylation sites is 1. The molecule has 26 heavy (non-hydrogen) atoms. The molecule has 3 aromatic carbocycles. The second-order valence-electron chi connectivity index (χ2n) is 5.73. The monoisotopic (exact) mass is 418 g/mol. The van der Waals surface area contributed by atoms with Crippen LogP contribution in [0.4, 0.5) is 5.69 Å². The third kappa shape index (κ3) is 3.98. The Hall–Kier alpha value is -2.56. The molecule has 0 unspecified atom stereocenters. The van der Waals surface area contributed by atoms with E-state index in [2.05, 4.69) is 51.3 Å². The van der Waals surface area contributed by atoms with Gasteiger partial charge in [0.05, 0.1) is 15.9 Å². The summed E-state index contributed by atoms with van der Waals surface area (Å²) in [5.41, 5.74) is 4.23. The number of nitrogens with zero attached hydrogens (tertiary/aromatic N) is 2. The van der Waals surface area contributed by atoms with E-state index in [-0.39, 0.29) is 0 Å². The summed E-state index contributed by atoms with van der Waals surface area (Å²) in [6, 6.07) is 24.5. The van der Waals surface area contributed by atoms with Gasteiger partial charge < -0.3 is 0 Å². The summed E-state index contributed by atoms with van der Waals surface area (Å²) in [5.74, 6) is 0. The molecule has 0 N–H and O–H groups in total. The highest BCUT2D eigenvalue weighted by Crippen LogP contribution is 2.30. The molecular weight excluding hydrogens is 404 g/mol. The maximum absolute atomic E-state index is 4.69. The first-order valence-corrected chi connectivity index (χ1v) is 9.81. The van der Waals surface area contributed by atoms with Crippen molar-refractivity contribution >= 4 is 55.5 Å². The maximum Gasteiger partial charge on any atom is 0.124 e. The molecule has 0 saturated carbocycles. The molecule has 0 amide bonds. The highest BCUT2D eigenvalue weighted by Gasteiger charge is 2.05. The van der Waals surface area contributed by atoms with Crippen LogP contribution >= 0.6 is 27.3 Å². The largest absolute Gasteiger partial charge is 0.257 e.